The first kappa shape index (κ1) is 26.9. The van der Waals surface area contributed by atoms with E-state index < -0.39 is 18.4 Å². The second kappa shape index (κ2) is 18.5. The second-order valence-corrected chi connectivity index (χ2v) is 21.6. The summed E-state index contributed by atoms with van der Waals surface area (Å²) in [5.41, 5.74) is 0. The predicted molar refractivity (Wildman–Crippen MR) is 115 cm³/mol. The van der Waals surface area contributed by atoms with E-state index in [0.29, 0.717) is 12.1 Å². The molecule has 24 heavy (non-hydrogen) atoms. The zero-order valence-electron chi connectivity index (χ0n) is 18.3. The molecular weight excluding hydrogens is 401 g/mol. The Morgan fingerprint density at radius 3 is 1.29 bits per heavy atom. The molecule has 0 unspecified atom stereocenters. The minimum atomic E-state index is -1.91. The van der Waals surface area contributed by atoms with Gasteiger partial charge in [-0.2, -0.15) is 0 Å². The van der Waals surface area contributed by atoms with Gasteiger partial charge in [0.05, 0.1) is 0 Å². The van der Waals surface area contributed by atoms with Gasteiger partial charge in [-0.15, -0.1) is 0 Å². The first-order chi connectivity index (χ1) is 11.4. The number of hydrogen-bond acceptors (Lipinski definition) is 2. The predicted octanol–water partition coefficient (Wildman–Crippen LogP) is 6.80. The van der Waals surface area contributed by atoms with Gasteiger partial charge in [0, 0.05) is 12.1 Å². The number of nitrogens with one attached hydrogen (secondary N) is 1. The molecule has 3 heteroatoms. The van der Waals surface area contributed by atoms with Gasteiger partial charge in [-0.25, -0.2) is 0 Å². The van der Waals surface area contributed by atoms with Gasteiger partial charge in [0.1, 0.15) is 0 Å². The van der Waals surface area contributed by atoms with Crippen LogP contribution in [-0.2, 0) is 4.74 Å². The van der Waals surface area contributed by atoms with Gasteiger partial charge in [-0.05, 0) is 0 Å². The van der Waals surface area contributed by atoms with Crippen molar-refractivity contribution in [2.45, 2.75) is 119 Å². The maximum atomic E-state index is 5.88. The summed E-state index contributed by atoms with van der Waals surface area (Å²) in [5, 5.41) is 3.31. The van der Waals surface area contributed by atoms with Crippen LogP contribution in [0.5, 0.6) is 0 Å². The fourth-order valence-corrected chi connectivity index (χ4v) is 17.9. The van der Waals surface area contributed by atoms with Crippen molar-refractivity contribution in [1.82, 2.24) is 5.32 Å². The first-order valence-electron chi connectivity index (χ1n) is 10.7. The molecule has 0 aliphatic carbocycles. The molecule has 1 N–H and O–H groups in total. The van der Waals surface area contributed by atoms with Gasteiger partial charge < -0.3 is 5.32 Å². The van der Waals surface area contributed by atoms with E-state index in [0.717, 1.165) is 6.61 Å². The summed E-state index contributed by atoms with van der Waals surface area (Å²) in [5.74, 6) is 0. The summed E-state index contributed by atoms with van der Waals surface area (Å²) < 4.78 is 11.8. The van der Waals surface area contributed by atoms with Crippen molar-refractivity contribution in [1.29, 1.82) is 0 Å². The molecule has 0 rings (SSSR count). The summed E-state index contributed by atoms with van der Waals surface area (Å²) in [6.45, 7) is 18.7. The van der Waals surface area contributed by atoms with Crippen LogP contribution >= 0.6 is 0 Å². The third-order valence-corrected chi connectivity index (χ3v) is 18.9. The molecule has 2 nitrogen and oxygen atoms in total. The summed E-state index contributed by atoms with van der Waals surface area (Å²) in [6.07, 6.45) is 8.46. The van der Waals surface area contributed by atoms with Gasteiger partial charge in [-0.1, -0.05) is 27.7 Å². The van der Waals surface area contributed by atoms with Crippen LogP contribution in [0.1, 0.15) is 93.9 Å². The number of rotatable bonds is 14. The van der Waals surface area contributed by atoms with Crippen molar-refractivity contribution in [3.63, 3.8) is 0 Å². The minimum absolute atomic E-state index is 0.625. The number of ether oxygens (including phenoxy) is 1. The quantitative estimate of drug-likeness (QED) is 0.294. The Balaban J connectivity index is 0. The Bertz CT molecular complexity index is 200. The molecule has 0 heterocycles. The van der Waals surface area contributed by atoms with E-state index in [4.69, 9.17) is 4.74 Å². The van der Waals surface area contributed by atoms with Gasteiger partial charge in [-0.3, -0.25) is 0 Å². The molecular formula is C21H49NOSn. The average Bonchev–Trinajstić information content (AvgIpc) is 2.53. The summed E-state index contributed by atoms with van der Waals surface area (Å²) >= 11 is -1.91. The molecule has 0 amide bonds. The molecule has 0 fully saturated rings. The van der Waals surface area contributed by atoms with Crippen LogP contribution in [-0.4, -0.2) is 41.7 Å². The van der Waals surface area contributed by atoms with Crippen LogP contribution in [0.2, 0.25) is 13.3 Å². The Labute approximate surface area is 158 Å². The van der Waals surface area contributed by atoms with Crippen molar-refractivity contribution in [3.8, 4) is 0 Å². The maximum absolute atomic E-state index is 5.88. The van der Waals surface area contributed by atoms with Crippen LogP contribution in [0.3, 0.4) is 0 Å². The van der Waals surface area contributed by atoms with Crippen LogP contribution in [0.25, 0.3) is 0 Å². The normalized spacial score (nSPS) is 11.8. The van der Waals surface area contributed by atoms with Crippen molar-refractivity contribution in [3.05, 3.63) is 0 Å². The Kier molecular flexibility index (Phi) is 20.8. The summed E-state index contributed by atoms with van der Waals surface area (Å²) in [4.78, 5) is 0. The topological polar surface area (TPSA) is 21.3 Å². The number of hydrogen-bond donors (Lipinski definition) is 1. The molecule has 0 spiro atoms. The van der Waals surface area contributed by atoms with Crippen molar-refractivity contribution in [2.24, 2.45) is 0 Å². The zero-order valence-corrected chi connectivity index (χ0v) is 21.2. The van der Waals surface area contributed by atoms with E-state index in [-0.39, 0.29) is 0 Å². The van der Waals surface area contributed by atoms with Gasteiger partial charge in [0.25, 0.3) is 0 Å². The third-order valence-electron chi connectivity index (χ3n) is 4.46. The molecule has 0 aromatic heterocycles. The van der Waals surface area contributed by atoms with Crippen molar-refractivity contribution in [2.75, 3.05) is 11.2 Å². The molecule has 0 atom stereocenters. The molecule has 0 aliphatic heterocycles. The van der Waals surface area contributed by atoms with Gasteiger partial charge >= 0.3 is 114 Å². The van der Waals surface area contributed by atoms with Crippen LogP contribution < -0.4 is 5.32 Å². The Morgan fingerprint density at radius 2 is 1.08 bits per heavy atom. The van der Waals surface area contributed by atoms with Crippen LogP contribution in [0, 0.1) is 0 Å². The SMILES string of the molecule is CC(C)NC(C)C.CCC[CH2][Sn]([CH2]CCC)([CH2]CCC)[CH2]OCC. The zero-order chi connectivity index (χ0) is 18.8. The molecule has 0 aliphatic rings. The molecule has 0 saturated heterocycles. The van der Waals surface area contributed by atoms with E-state index in [1.807, 2.05) is 0 Å². The first-order valence-corrected chi connectivity index (χ1v) is 18.8. The monoisotopic (exact) mass is 451 g/mol. The molecule has 148 valence electrons. The number of unbranched alkanes of at least 4 members (excludes halogenated alkanes) is 3. The molecule has 0 radical (unpaired) electrons. The van der Waals surface area contributed by atoms with E-state index in [1.165, 1.54) is 43.1 Å². The fraction of sp³-hybridized carbons (Fsp3) is 1.00. The van der Waals surface area contributed by atoms with Gasteiger partial charge in [0.15, 0.2) is 0 Å². The summed E-state index contributed by atoms with van der Waals surface area (Å²) in [6, 6.07) is 1.25. The van der Waals surface area contributed by atoms with E-state index in [9.17, 15) is 0 Å². The third kappa shape index (κ3) is 17.5. The second-order valence-electron chi connectivity index (χ2n) is 7.92. The summed E-state index contributed by atoms with van der Waals surface area (Å²) in [7, 11) is 0. The van der Waals surface area contributed by atoms with E-state index in [1.54, 1.807) is 13.3 Å². The molecule has 0 bridgehead atoms. The van der Waals surface area contributed by atoms with Crippen LogP contribution in [0.15, 0.2) is 0 Å². The average molecular weight is 450 g/mol. The molecule has 0 saturated carbocycles. The Morgan fingerprint density at radius 1 is 0.708 bits per heavy atom. The van der Waals surface area contributed by atoms with Crippen molar-refractivity contribution >= 4 is 18.4 Å². The Hall–Kier alpha value is 0.719. The van der Waals surface area contributed by atoms with Gasteiger partial charge in [0.2, 0.25) is 0 Å². The van der Waals surface area contributed by atoms with Crippen molar-refractivity contribution < 1.29 is 4.74 Å². The van der Waals surface area contributed by atoms with E-state index >= 15 is 0 Å². The molecule has 0 aromatic rings. The van der Waals surface area contributed by atoms with E-state index in [2.05, 4.69) is 60.7 Å². The fourth-order valence-electron chi connectivity index (χ4n) is 3.23. The standard InChI is InChI=1S/C6H15N.3C4H9.C3H7O.Sn/c1-5(2)7-6(3)4;4*1-3-4-2;/h5-7H,1-4H3;3*1,3-4H2,2H3;2-3H2,1H3;. The van der Waals surface area contributed by atoms with Crippen LogP contribution in [0.4, 0.5) is 0 Å². The molecule has 0 aromatic carbocycles.